The van der Waals surface area contributed by atoms with Crippen LogP contribution in [0.4, 0.5) is 17.6 Å². The van der Waals surface area contributed by atoms with Gasteiger partial charge < -0.3 is 0 Å². The van der Waals surface area contributed by atoms with Gasteiger partial charge in [-0.3, -0.25) is 14.9 Å². The van der Waals surface area contributed by atoms with Gasteiger partial charge in [-0.15, -0.1) is 0 Å². The molecule has 0 aliphatic carbocycles. The summed E-state index contributed by atoms with van der Waals surface area (Å²) < 4.78 is 43.0. The Morgan fingerprint density at radius 3 is 2.26 bits per heavy atom. The molecule has 3 nitrogen and oxygen atoms in total. The van der Waals surface area contributed by atoms with E-state index in [1.807, 2.05) is 26.8 Å². The van der Waals surface area contributed by atoms with Crippen LogP contribution in [0.3, 0.4) is 0 Å². The minimum Gasteiger partial charge on any atom is -0.299 e. The number of hydrogen-bond donors (Lipinski definition) is 1. The minimum absolute atomic E-state index is 0.256. The summed E-state index contributed by atoms with van der Waals surface area (Å²) in [6.45, 7) is 3.68. The van der Waals surface area contributed by atoms with E-state index >= 15 is 0 Å². The number of nitrogens with one attached hydrogen (secondary N) is 1. The first-order valence-corrected chi connectivity index (χ1v) is 6.94. The highest BCUT2D eigenvalue weighted by Gasteiger charge is 2.28. The molecule has 0 heterocycles. The highest BCUT2D eigenvalue weighted by atomic mass is 19.4. The van der Waals surface area contributed by atoms with E-state index in [2.05, 4.69) is 5.32 Å². The first-order valence-electron chi connectivity index (χ1n) is 6.94. The molecule has 1 rings (SSSR count). The number of rotatable bonds is 5. The van der Waals surface area contributed by atoms with Crippen molar-refractivity contribution in [2.75, 3.05) is 0 Å². The van der Waals surface area contributed by atoms with E-state index in [0.29, 0.717) is 18.4 Å². The monoisotopic (exact) mass is 335 g/mol. The quantitative estimate of drug-likeness (QED) is 0.655. The number of aryl methyl sites for hydroxylation is 1. The standard InChI is InChI=1S/C15H20FNO2.CHF3/c1-10-5-6-12(13(16)7-10)15(3,4)8-11(2)14(19)17-9-18;2-1(3)4/h5-7,9,11H,8H2,1-4H3,(H,17,18,19);1H/t11-;/m1./s1. The smallest absolute Gasteiger partial charge is 0.299 e. The second-order valence-electron chi connectivity index (χ2n) is 5.85. The molecule has 0 radical (unpaired) electrons. The van der Waals surface area contributed by atoms with Crippen molar-refractivity contribution in [2.24, 2.45) is 5.92 Å². The normalized spacial score (nSPS) is 12.2. The molecule has 0 spiro atoms. The maximum absolute atomic E-state index is 14.0. The lowest BCUT2D eigenvalue weighted by atomic mass is 9.77. The summed E-state index contributed by atoms with van der Waals surface area (Å²) in [5, 5.41) is 2.13. The Morgan fingerprint density at radius 1 is 1.30 bits per heavy atom. The van der Waals surface area contributed by atoms with Crippen LogP contribution in [-0.4, -0.2) is 19.0 Å². The summed E-state index contributed by atoms with van der Waals surface area (Å²) in [4.78, 5) is 21.8. The van der Waals surface area contributed by atoms with Gasteiger partial charge in [-0.05, 0) is 36.0 Å². The van der Waals surface area contributed by atoms with E-state index in [1.54, 1.807) is 13.0 Å². The number of hydrogen-bond acceptors (Lipinski definition) is 2. The fourth-order valence-electron chi connectivity index (χ4n) is 2.34. The maximum atomic E-state index is 14.0. The molecule has 0 saturated heterocycles. The third-order valence-electron chi connectivity index (χ3n) is 3.32. The van der Waals surface area contributed by atoms with Crippen molar-refractivity contribution in [2.45, 2.75) is 46.2 Å². The second-order valence-corrected chi connectivity index (χ2v) is 5.85. The zero-order chi connectivity index (χ0) is 18.2. The van der Waals surface area contributed by atoms with Crippen molar-refractivity contribution < 1.29 is 27.2 Å². The van der Waals surface area contributed by atoms with Gasteiger partial charge in [0.1, 0.15) is 5.82 Å². The molecule has 7 heteroatoms. The molecule has 0 saturated carbocycles. The molecule has 0 fully saturated rings. The summed E-state index contributed by atoms with van der Waals surface area (Å²) in [5.74, 6) is -0.954. The molecule has 0 aliphatic rings. The van der Waals surface area contributed by atoms with Crippen molar-refractivity contribution >= 4 is 12.3 Å². The summed E-state index contributed by atoms with van der Waals surface area (Å²) in [6, 6.07) is 5.11. The van der Waals surface area contributed by atoms with Gasteiger partial charge in [0.2, 0.25) is 12.3 Å². The van der Waals surface area contributed by atoms with Crippen LogP contribution in [0.25, 0.3) is 0 Å². The lowest BCUT2D eigenvalue weighted by molar-refractivity contribution is -0.128. The van der Waals surface area contributed by atoms with Gasteiger partial charge in [0, 0.05) is 5.92 Å². The first-order chi connectivity index (χ1) is 10.5. The van der Waals surface area contributed by atoms with E-state index < -0.39 is 12.1 Å². The molecular weight excluding hydrogens is 314 g/mol. The van der Waals surface area contributed by atoms with Gasteiger partial charge in [0.05, 0.1) is 0 Å². The predicted octanol–water partition coefficient (Wildman–Crippen LogP) is 3.89. The fourth-order valence-corrected chi connectivity index (χ4v) is 2.34. The minimum atomic E-state index is -3.67. The van der Waals surface area contributed by atoms with E-state index in [9.17, 15) is 27.2 Å². The lowest BCUT2D eigenvalue weighted by Gasteiger charge is -2.28. The van der Waals surface area contributed by atoms with Crippen LogP contribution in [0.15, 0.2) is 18.2 Å². The fraction of sp³-hybridized carbons (Fsp3) is 0.500. The Hall–Kier alpha value is -1.92. The van der Waals surface area contributed by atoms with Gasteiger partial charge in [0.15, 0.2) is 0 Å². The summed E-state index contributed by atoms with van der Waals surface area (Å²) in [7, 11) is 0. The molecule has 23 heavy (non-hydrogen) atoms. The average Bonchev–Trinajstić information content (AvgIpc) is 2.37. The van der Waals surface area contributed by atoms with Crippen LogP contribution >= 0.6 is 0 Å². The molecule has 2 amide bonds. The number of benzene rings is 1. The van der Waals surface area contributed by atoms with Crippen LogP contribution < -0.4 is 5.32 Å². The SMILES string of the molecule is Cc1ccc(C(C)(C)C[C@@H](C)C(=O)NC=O)c(F)c1.FC(F)F. The molecule has 1 atom stereocenters. The number of carbonyl (C=O) groups is 2. The van der Waals surface area contributed by atoms with Crippen LogP contribution in [0, 0.1) is 18.7 Å². The van der Waals surface area contributed by atoms with E-state index in [0.717, 1.165) is 5.56 Å². The molecule has 0 aliphatic heterocycles. The van der Waals surface area contributed by atoms with Crippen LogP contribution in [-0.2, 0) is 15.0 Å². The maximum Gasteiger partial charge on any atom is 0.379 e. The molecule has 1 N–H and O–H groups in total. The number of alkyl halides is 3. The van der Waals surface area contributed by atoms with Gasteiger partial charge in [-0.2, -0.15) is 13.2 Å². The van der Waals surface area contributed by atoms with Crippen molar-refractivity contribution in [1.82, 2.24) is 5.32 Å². The van der Waals surface area contributed by atoms with Gasteiger partial charge in [-0.25, -0.2) is 4.39 Å². The van der Waals surface area contributed by atoms with Crippen LogP contribution in [0.5, 0.6) is 0 Å². The molecular formula is C16H21F4NO2. The van der Waals surface area contributed by atoms with Gasteiger partial charge >= 0.3 is 6.68 Å². The van der Waals surface area contributed by atoms with Crippen LogP contribution in [0.2, 0.25) is 0 Å². The molecule has 1 aromatic rings. The average molecular weight is 335 g/mol. The second kappa shape index (κ2) is 9.27. The molecule has 1 aromatic carbocycles. The Bertz CT molecular complexity index is 530. The number of halogens is 4. The first kappa shape index (κ1) is 21.1. The topological polar surface area (TPSA) is 46.2 Å². The summed E-state index contributed by atoms with van der Waals surface area (Å²) in [6.07, 6.45) is 0.838. The lowest BCUT2D eigenvalue weighted by Crippen LogP contribution is -2.32. The van der Waals surface area contributed by atoms with Gasteiger partial charge in [-0.1, -0.05) is 32.9 Å². The third-order valence-corrected chi connectivity index (χ3v) is 3.32. The predicted molar refractivity (Wildman–Crippen MR) is 79.3 cm³/mol. The molecule has 130 valence electrons. The Kier molecular flexibility index (Phi) is 8.50. The number of carbonyl (C=O) groups excluding carboxylic acids is 2. The highest BCUT2D eigenvalue weighted by molar-refractivity contribution is 5.87. The molecule has 0 aromatic heterocycles. The number of amides is 2. The van der Waals surface area contributed by atoms with Crippen LogP contribution in [0.1, 0.15) is 38.3 Å². The zero-order valence-electron chi connectivity index (χ0n) is 13.5. The van der Waals surface area contributed by atoms with Crippen molar-refractivity contribution in [3.63, 3.8) is 0 Å². The van der Waals surface area contributed by atoms with E-state index in [1.165, 1.54) is 6.07 Å². The Labute approximate surface area is 133 Å². The van der Waals surface area contributed by atoms with Gasteiger partial charge in [0.25, 0.3) is 0 Å². The van der Waals surface area contributed by atoms with E-state index in [-0.39, 0.29) is 17.6 Å². The Morgan fingerprint density at radius 2 is 1.83 bits per heavy atom. The molecule has 0 bridgehead atoms. The largest absolute Gasteiger partial charge is 0.379 e. The van der Waals surface area contributed by atoms with Crippen molar-refractivity contribution in [3.05, 3.63) is 35.1 Å². The van der Waals surface area contributed by atoms with E-state index in [4.69, 9.17) is 0 Å². The third kappa shape index (κ3) is 7.76. The number of imide groups is 1. The van der Waals surface area contributed by atoms with Crippen molar-refractivity contribution in [3.8, 4) is 0 Å². The zero-order valence-corrected chi connectivity index (χ0v) is 13.5. The van der Waals surface area contributed by atoms with Crippen molar-refractivity contribution in [1.29, 1.82) is 0 Å². The summed E-state index contributed by atoms with van der Waals surface area (Å²) in [5.41, 5.74) is 0.977. The highest BCUT2D eigenvalue weighted by Crippen LogP contribution is 2.32. The summed E-state index contributed by atoms with van der Waals surface area (Å²) >= 11 is 0. The molecule has 0 unspecified atom stereocenters. The Balaban J connectivity index is 0.00000108.